The van der Waals surface area contributed by atoms with Crippen LogP contribution in [0.25, 0.3) is 6.08 Å². The Kier molecular flexibility index (Phi) is 9.99. The van der Waals surface area contributed by atoms with Gasteiger partial charge in [0.25, 0.3) is 0 Å². The lowest BCUT2D eigenvalue weighted by Crippen LogP contribution is -2.49. The summed E-state index contributed by atoms with van der Waals surface area (Å²) in [6, 6.07) is 19.2. The van der Waals surface area contributed by atoms with E-state index in [0.29, 0.717) is 43.6 Å². The predicted octanol–water partition coefficient (Wildman–Crippen LogP) is 7.53. The van der Waals surface area contributed by atoms with E-state index in [9.17, 15) is 19.8 Å². The van der Waals surface area contributed by atoms with Gasteiger partial charge in [0.1, 0.15) is 12.2 Å². The van der Waals surface area contributed by atoms with E-state index in [4.69, 9.17) is 18.9 Å². The molecule has 0 aromatic heterocycles. The largest absolute Gasteiger partial charge is 0.504 e. The number of esters is 2. The summed E-state index contributed by atoms with van der Waals surface area (Å²) in [5.74, 6) is -0.0339. The standard InChI is InChI=1S/C40H46O8/c1-25(41)47-36-22-32(48-39(44)27-11-7-8-12-27)17-30(28-13-14-34(42)37(20-28)45-2)23-40(16-15-26-9-5-4-6-10-26)24-31-19-35(43)38(46-3)21-29(31)18-33(36)40/h4-6,9-10,13-16,19-21,27,30,32-33,36,42-43H,7-8,11-12,17-18,22-24H2,1-3H3. The van der Waals surface area contributed by atoms with Crippen molar-refractivity contribution in [1.82, 2.24) is 0 Å². The average molecular weight is 655 g/mol. The van der Waals surface area contributed by atoms with Crippen molar-refractivity contribution < 1.29 is 38.7 Å². The normalized spacial score (nSPS) is 25.7. The molecule has 254 valence electrons. The molecule has 2 fully saturated rings. The van der Waals surface area contributed by atoms with Crippen LogP contribution in [-0.4, -0.2) is 48.6 Å². The number of phenolic OH excluding ortho intramolecular Hbond substituents is 2. The van der Waals surface area contributed by atoms with Crippen molar-refractivity contribution in [3.05, 3.63) is 89.0 Å². The van der Waals surface area contributed by atoms with Gasteiger partial charge < -0.3 is 29.2 Å². The molecule has 3 aliphatic rings. The first-order valence-corrected chi connectivity index (χ1v) is 17.1. The van der Waals surface area contributed by atoms with Gasteiger partial charge in [0.05, 0.1) is 20.1 Å². The van der Waals surface area contributed by atoms with Crippen LogP contribution in [0.4, 0.5) is 0 Å². The highest BCUT2D eigenvalue weighted by Crippen LogP contribution is 2.54. The Morgan fingerprint density at radius 3 is 2.29 bits per heavy atom. The van der Waals surface area contributed by atoms with Crippen LogP contribution in [0.15, 0.2) is 66.7 Å². The molecule has 2 saturated carbocycles. The van der Waals surface area contributed by atoms with E-state index >= 15 is 0 Å². The molecule has 8 nitrogen and oxygen atoms in total. The topological polar surface area (TPSA) is 112 Å². The molecule has 0 aliphatic heterocycles. The zero-order valence-corrected chi connectivity index (χ0v) is 28.0. The Labute approximate surface area is 282 Å². The van der Waals surface area contributed by atoms with Crippen LogP contribution in [0.3, 0.4) is 0 Å². The SMILES string of the molecule is COc1cc(C2CC(OC(=O)C3CCCC3)CC(OC(C)=O)C3Cc4cc(OC)c(O)cc4CC3(C=Cc3ccccc3)C2)ccc1O. The Morgan fingerprint density at radius 1 is 0.854 bits per heavy atom. The first-order valence-electron chi connectivity index (χ1n) is 17.1. The molecule has 0 spiro atoms. The van der Waals surface area contributed by atoms with E-state index in [2.05, 4.69) is 24.3 Å². The quantitative estimate of drug-likeness (QED) is 0.240. The second-order valence-electron chi connectivity index (χ2n) is 13.7. The van der Waals surface area contributed by atoms with Crippen LogP contribution in [-0.2, 0) is 31.9 Å². The van der Waals surface area contributed by atoms with Crippen molar-refractivity contribution in [2.45, 2.75) is 82.8 Å². The van der Waals surface area contributed by atoms with Crippen LogP contribution < -0.4 is 9.47 Å². The predicted molar refractivity (Wildman–Crippen MR) is 182 cm³/mol. The van der Waals surface area contributed by atoms with Gasteiger partial charge in [-0.1, -0.05) is 61.4 Å². The van der Waals surface area contributed by atoms with Gasteiger partial charge >= 0.3 is 11.9 Å². The van der Waals surface area contributed by atoms with Crippen molar-refractivity contribution in [2.75, 3.05) is 14.2 Å². The van der Waals surface area contributed by atoms with Crippen molar-refractivity contribution in [3.63, 3.8) is 0 Å². The lowest BCUT2D eigenvalue weighted by atomic mass is 9.56. The number of rotatable bonds is 8. The van der Waals surface area contributed by atoms with Gasteiger partial charge in [-0.05, 0) is 96.4 Å². The van der Waals surface area contributed by atoms with Crippen LogP contribution in [0.2, 0.25) is 0 Å². The molecule has 0 amide bonds. The van der Waals surface area contributed by atoms with Crippen LogP contribution in [0, 0.1) is 17.3 Å². The number of aromatic hydroxyl groups is 2. The van der Waals surface area contributed by atoms with Crippen LogP contribution in [0.1, 0.15) is 80.0 Å². The maximum atomic E-state index is 13.5. The highest BCUT2D eigenvalue weighted by atomic mass is 16.6. The fourth-order valence-electron chi connectivity index (χ4n) is 8.34. The molecule has 0 heterocycles. The summed E-state index contributed by atoms with van der Waals surface area (Å²) in [7, 11) is 3.07. The summed E-state index contributed by atoms with van der Waals surface area (Å²) in [5.41, 5.74) is 3.52. The van der Waals surface area contributed by atoms with Crippen LogP contribution in [0.5, 0.6) is 23.0 Å². The highest BCUT2D eigenvalue weighted by Gasteiger charge is 2.50. The number of ether oxygens (including phenoxy) is 4. The first kappa shape index (κ1) is 33.4. The van der Waals surface area contributed by atoms with Gasteiger partial charge in [-0.2, -0.15) is 0 Å². The second kappa shape index (κ2) is 14.3. The van der Waals surface area contributed by atoms with Gasteiger partial charge in [-0.15, -0.1) is 0 Å². The number of allylic oxidation sites excluding steroid dienone is 1. The Morgan fingerprint density at radius 2 is 1.58 bits per heavy atom. The second-order valence-corrected chi connectivity index (χ2v) is 13.7. The summed E-state index contributed by atoms with van der Waals surface area (Å²) in [6.45, 7) is 1.43. The first-order chi connectivity index (χ1) is 23.2. The number of phenols is 2. The number of fused-ring (bicyclic) bond motifs is 2. The van der Waals surface area contributed by atoms with Crippen molar-refractivity contribution in [2.24, 2.45) is 17.3 Å². The third-order valence-corrected chi connectivity index (χ3v) is 10.7. The number of hydrogen-bond donors (Lipinski definition) is 2. The Bertz CT molecular complexity index is 1640. The molecule has 0 saturated heterocycles. The molecule has 8 heteroatoms. The Hall–Kier alpha value is -4.46. The molecular weight excluding hydrogens is 608 g/mol. The van der Waals surface area contributed by atoms with Gasteiger partial charge in [0, 0.05) is 19.3 Å². The summed E-state index contributed by atoms with van der Waals surface area (Å²) in [4.78, 5) is 26.2. The van der Waals surface area contributed by atoms with Gasteiger partial charge in [0.15, 0.2) is 23.0 Å². The zero-order valence-electron chi connectivity index (χ0n) is 28.0. The van der Waals surface area contributed by atoms with Crippen molar-refractivity contribution in [3.8, 4) is 23.0 Å². The molecule has 3 aliphatic carbocycles. The number of carbonyl (C=O) groups excluding carboxylic acids is 2. The van der Waals surface area contributed by atoms with Gasteiger partial charge in [-0.3, -0.25) is 9.59 Å². The molecule has 5 unspecified atom stereocenters. The van der Waals surface area contributed by atoms with E-state index < -0.39 is 17.6 Å². The molecule has 3 aromatic rings. The third-order valence-electron chi connectivity index (χ3n) is 10.7. The molecule has 0 bridgehead atoms. The maximum Gasteiger partial charge on any atom is 0.309 e. The minimum atomic E-state index is -0.535. The minimum absolute atomic E-state index is 0.0545. The van der Waals surface area contributed by atoms with Crippen LogP contribution >= 0.6 is 0 Å². The fraction of sp³-hybridized carbons (Fsp3) is 0.450. The molecule has 6 rings (SSSR count). The van der Waals surface area contributed by atoms with E-state index in [1.54, 1.807) is 12.1 Å². The number of hydrogen-bond acceptors (Lipinski definition) is 8. The fourth-order valence-corrected chi connectivity index (χ4v) is 8.34. The average Bonchev–Trinajstić information content (AvgIpc) is 3.62. The van der Waals surface area contributed by atoms with Gasteiger partial charge in [0.2, 0.25) is 0 Å². The van der Waals surface area contributed by atoms with E-state index in [1.807, 2.05) is 36.4 Å². The van der Waals surface area contributed by atoms with E-state index in [1.165, 1.54) is 21.1 Å². The molecule has 0 radical (unpaired) electrons. The number of benzene rings is 3. The third kappa shape index (κ3) is 7.18. The smallest absolute Gasteiger partial charge is 0.309 e. The molecule has 2 N–H and O–H groups in total. The van der Waals surface area contributed by atoms with E-state index in [-0.39, 0.29) is 41.2 Å². The summed E-state index contributed by atoms with van der Waals surface area (Å²) >= 11 is 0. The minimum Gasteiger partial charge on any atom is -0.504 e. The maximum absolute atomic E-state index is 13.5. The highest BCUT2D eigenvalue weighted by molar-refractivity contribution is 5.73. The zero-order chi connectivity index (χ0) is 33.8. The summed E-state index contributed by atoms with van der Waals surface area (Å²) in [5, 5.41) is 21.3. The summed E-state index contributed by atoms with van der Waals surface area (Å²) < 4.78 is 23.6. The molecular formula is C40H46O8. The lowest BCUT2D eigenvalue weighted by molar-refractivity contribution is -0.164. The van der Waals surface area contributed by atoms with Gasteiger partial charge in [-0.25, -0.2) is 0 Å². The molecule has 48 heavy (non-hydrogen) atoms. The molecule has 5 atom stereocenters. The van der Waals surface area contributed by atoms with Crippen molar-refractivity contribution >= 4 is 18.0 Å². The summed E-state index contributed by atoms with van der Waals surface area (Å²) in [6.07, 6.45) is 9.75. The lowest BCUT2D eigenvalue weighted by Gasteiger charge is -2.50. The molecule has 3 aromatic carbocycles. The van der Waals surface area contributed by atoms with Crippen molar-refractivity contribution in [1.29, 1.82) is 0 Å². The number of carbonyl (C=O) groups is 2. The monoisotopic (exact) mass is 654 g/mol. The van der Waals surface area contributed by atoms with E-state index in [0.717, 1.165) is 47.9 Å². The number of methoxy groups -OCH3 is 2. The Balaban J connectivity index is 1.50.